The lowest BCUT2D eigenvalue weighted by molar-refractivity contribution is -0.140. The summed E-state index contributed by atoms with van der Waals surface area (Å²) in [7, 11) is 0. The van der Waals surface area contributed by atoms with Gasteiger partial charge >= 0.3 is 12.0 Å². The molecular formula is C21H20N2O6. The van der Waals surface area contributed by atoms with Crippen molar-refractivity contribution in [3.63, 3.8) is 0 Å². The standard InChI is InChI=1S/C21H20N2O6/c1-13-18(20(24)27-10-9-26-15-5-3-2-4-6-15)19(23-21(25)22-13)14-7-8-16-17(11-14)29-12-28-16/h2-8,11,19H,9-10,12H2,1H3,(H2,22,23,25)/t19-/m0/s1. The molecule has 2 amide bonds. The van der Waals surface area contributed by atoms with Crippen molar-refractivity contribution >= 4 is 12.0 Å². The summed E-state index contributed by atoms with van der Waals surface area (Å²) in [6.45, 7) is 2.10. The molecule has 2 aliphatic heterocycles. The highest BCUT2D eigenvalue weighted by atomic mass is 16.7. The molecule has 2 aromatic carbocycles. The van der Waals surface area contributed by atoms with E-state index in [9.17, 15) is 9.59 Å². The zero-order valence-corrected chi connectivity index (χ0v) is 15.8. The average Bonchev–Trinajstić information content (AvgIpc) is 3.19. The highest BCUT2D eigenvalue weighted by Gasteiger charge is 2.33. The minimum absolute atomic E-state index is 0.0757. The van der Waals surface area contributed by atoms with Crippen molar-refractivity contribution in [1.29, 1.82) is 0 Å². The third-order valence-electron chi connectivity index (χ3n) is 4.55. The molecule has 8 heteroatoms. The van der Waals surface area contributed by atoms with Crippen LogP contribution in [0.2, 0.25) is 0 Å². The molecule has 0 aliphatic carbocycles. The summed E-state index contributed by atoms with van der Waals surface area (Å²) in [4.78, 5) is 24.8. The Kier molecular flexibility index (Phi) is 5.24. The van der Waals surface area contributed by atoms with Crippen LogP contribution in [0.4, 0.5) is 4.79 Å². The number of carbonyl (C=O) groups is 2. The number of esters is 1. The molecule has 2 aliphatic rings. The summed E-state index contributed by atoms with van der Waals surface area (Å²) in [6, 6.07) is 13.5. The molecule has 150 valence electrons. The predicted octanol–water partition coefficient (Wildman–Crippen LogP) is 2.67. The molecule has 0 fully saturated rings. The lowest BCUT2D eigenvalue weighted by Crippen LogP contribution is -2.45. The lowest BCUT2D eigenvalue weighted by Gasteiger charge is -2.28. The van der Waals surface area contributed by atoms with Crippen molar-refractivity contribution in [3.05, 3.63) is 65.4 Å². The number of benzene rings is 2. The third-order valence-corrected chi connectivity index (χ3v) is 4.55. The van der Waals surface area contributed by atoms with Crippen LogP contribution in [0, 0.1) is 0 Å². The number of nitrogens with one attached hydrogen (secondary N) is 2. The Labute approximate surface area is 167 Å². The van der Waals surface area contributed by atoms with E-state index in [1.807, 2.05) is 30.3 Å². The second-order valence-corrected chi connectivity index (χ2v) is 6.48. The van der Waals surface area contributed by atoms with Crippen molar-refractivity contribution in [3.8, 4) is 17.2 Å². The van der Waals surface area contributed by atoms with Gasteiger partial charge in [-0.3, -0.25) is 0 Å². The molecule has 0 saturated carbocycles. The van der Waals surface area contributed by atoms with E-state index in [2.05, 4.69) is 10.6 Å². The Morgan fingerprint density at radius 3 is 2.72 bits per heavy atom. The molecule has 0 saturated heterocycles. The van der Waals surface area contributed by atoms with Crippen LogP contribution in [0.5, 0.6) is 17.2 Å². The number of rotatable bonds is 6. The molecule has 0 unspecified atom stereocenters. The summed E-state index contributed by atoms with van der Waals surface area (Å²) in [5.74, 6) is 1.35. The fraction of sp³-hybridized carbons (Fsp3) is 0.238. The van der Waals surface area contributed by atoms with Crippen LogP contribution in [0.1, 0.15) is 18.5 Å². The summed E-state index contributed by atoms with van der Waals surface area (Å²) < 4.78 is 21.6. The number of hydrogen-bond donors (Lipinski definition) is 2. The maximum Gasteiger partial charge on any atom is 0.338 e. The van der Waals surface area contributed by atoms with Crippen molar-refractivity contribution in [2.75, 3.05) is 20.0 Å². The SMILES string of the molecule is CC1=C(C(=O)OCCOc2ccccc2)[C@H](c2ccc3c(c2)OCO3)NC(=O)N1. The molecule has 1 atom stereocenters. The number of carbonyl (C=O) groups excluding carboxylic acids is 2. The van der Waals surface area contributed by atoms with E-state index in [0.29, 0.717) is 34.1 Å². The maximum atomic E-state index is 12.8. The Morgan fingerprint density at radius 2 is 1.90 bits per heavy atom. The van der Waals surface area contributed by atoms with Crippen LogP contribution < -0.4 is 24.8 Å². The van der Waals surface area contributed by atoms with Gasteiger partial charge in [-0.1, -0.05) is 24.3 Å². The Morgan fingerprint density at radius 1 is 1.10 bits per heavy atom. The van der Waals surface area contributed by atoms with Crippen molar-refractivity contribution in [2.45, 2.75) is 13.0 Å². The minimum Gasteiger partial charge on any atom is -0.490 e. The first-order chi connectivity index (χ1) is 14.1. The van der Waals surface area contributed by atoms with Gasteiger partial charge in [-0.05, 0) is 36.8 Å². The van der Waals surface area contributed by atoms with Crippen LogP contribution in [-0.2, 0) is 9.53 Å². The van der Waals surface area contributed by atoms with Crippen LogP contribution in [-0.4, -0.2) is 32.0 Å². The van der Waals surface area contributed by atoms with Gasteiger partial charge in [-0.25, -0.2) is 9.59 Å². The normalized spacial score (nSPS) is 17.4. The fourth-order valence-electron chi connectivity index (χ4n) is 3.20. The molecule has 0 aromatic heterocycles. The number of ether oxygens (including phenoxy) is 4. The first-order valence-corrected chi connectivity index (χ1v) is 9.14. The largest absolute Gasteiger partial charge is 0.490 e. The zero-order valence-electron chi connectivity index (χ0n) is 15.8. The topological polar surface area (TPSA) is 95.1 Å². The summed E-state index contributed by atoms with van der Waals surface area (Å²) in [5.41, 5.74) is 1.45. The molecule has 2 N–H and O–H groups in total. The highest BCUT2D eigenvalue weighted by molar-refractivity contribution is 5.95. The minimum atomic E-state index is -0.666. The quantitative estimate of drug-likeness (QED) is 0.576. The smallest absolute Gasteiger partial charge is 0.338 e. The van der Waals surface area contributed by atoms with Gasteiger partial charge in [-0.15, -0.1) is 0 Å². The number of para-hydroxylation sites is 1. The molecule has 4 rings (SSSR count). The zero-order chi connectivity index (χ0) is 20.2. The second kappa shape index (κ2) is 8.14. The van der Waals surface area contributed by atoms with Crippen molar-refractivity contribution in [1.82, 2.24) is 10.6 Å². The van der Waals surface area contributed by atoms with E-state index < -0.39 is 18.0 Å². The Bertz CT molecular complexity index is 957. The Hall–Kier alpha value is -3.68. The lowest BCUT2D eigenvalue weighted by atomic mass is 9.95. The molecule has 2 aromatic rings. The van der Waals surface area contributed by atoms with E-state index >= 15 is 0 Å². The van der Waals surface area contributed by atoms with Crippen LogP contribution in [0.25, 0.3) is 0 Å². The summed E-state index contributed by atoms with van der Waals surface area (Å²) in [6.07, 6.45) is 0. The van der Waals surface area contributed by atoms with Gasteiger partial charge < -0.3 is 29.6 Å². The summed E-state index contributed by atoms with van der Waals surface area (Å²) in [5, 5.41) is 5.39. The van der Waals surface area contributed by atoms with Gasteiger partial charge in [0.2, 0.25) is 6.79 Å². The van der Waals surface area contributed by atoms with E-state index in [0.717, 1.165) is 0 Å². The molecule has 2 heterocycles. The number of allylic oxidation sites excluding steroid dienone is 1. The maximum absolute atomic E-state index is 12.8. The number of fused-ring (bicyclic) bond motifs is 1. The van der Waals surface area contributed by atoms with Gasteiger partial charge in [0.25, 0.3) is 0 Å². The molecule has 8 nitrogen and oxygen atoms in total. The van der Waals surface area contributed by atoms with Gasteiger partial charge in [0.05, 0.1) is 11.6 Å². The van der Waals surface area contributed by atoms with E-state index in [4.69, 9.17) is 18.9 Å². The number of hydrogen-bond acceptors (Lipinski definition) is 6. The van der Waals surface area contributed by atoms with E-state index in [-0.39, 0.29) is 20.0 Å². The number of amides is 2. The molecular weight excluding hydrogens is 376 g/mol. The first-order valence-electron chi connectivity index (χ1n) is 9.14. The van der Waals surface area contributed by atoms with Gasteiger partial charge in [0.1, 0.15) is 19.0 Å². The fourth-order valence-corrected chi connectivity index (χ4v) is 3.20. The van der Waals surface area contributed by atoms with Crippen LogP contribution >= 0.6 is 0 Å². The average molecular weight is 396 g/mol. The van der Waals surface area contributed by atoms with Crippen molar-refractivity contribution < 1.29 is 28.5 Å². The van der Waals surface area contributed by atoms with Crippen LogP contribution in [0.3, 0.4) is 0 Å². The molecule has 0 bridgehead atoms. The highest BCUT2D eigenvalue weighted by Crippen LogP contribution is 2.37. The first kappa shape index (κ1) is 18.7. The number of urea groups is 1. The Balaban J connectivity index is 1.46. The molecule has 0 radical (unpaired) electrons. The third kappa shape index (κ3) is 4.11. The molecule has 29 heavy (non-hydrogen) atoms. The van der Waals surface area contributed by atoms with Crippen LogP contribution in [0.15, 0.2) is 59.8 Å². The molecule has 0 spiro atoms. The predicted molar refractivity (Wildman–Crippen MR) is 103 cm³/mol. The van der Waals surface area contributed by atoms with Gasteiger partial charge in [-0.2, -0.15) is 0 Å². The van der Waals surface area contributed by atoms with E-state index in [1.54, 1.807) is 25.1 Å². The van der Waals surface area contributed by atoms with Gasteiger partial charge in [0, 0.05) is 5.70 Å². The van der Waals surface area contributed by atoms with E-state index in [1.165, 1.54) is 0 Å². The van der Waals surface area contributed by atoms with Gasteiger partial charge in [0.15, 0.2) is 11.5 Å². The summed E-state index contributed by atoms with van der Waals surface area (Å²) >= 11 is 0. The second-order valence-electron chi connectivity index (χ2n) is 6.48. The monoisotopic (exact) mass is 396 g/mol. The van der Waals surface area contributed by atoms with Crippen molar-refractivity contribution in [2.24, 2.45) is 0 Å².